The number of aromatic nitrogens is 2. The van der Waals surface area contributed by atoms with Crippen molar-refractivity contribution in [3.05, 3.63) is 270 Å². The summed E-state index contributed by atoms with van der Waals surface area (Å²) < 4.78 is 80.0. The van der Waals surface area contributed by atoms with Crippen LogP contribution in [0.3, 0.4) is 0 Å². The number of ether oxygens (including phenoxy) is 12. The molecule has 0 saturated heterocycles. The van der Waals surface area contributed by atoms with Crippen LogP contribution in [-0.2, 0) is 40.3 Å². The molecule has 596 valence electrons. The summed E-state index contributed by atoms with van der Waals surface area (Å²) in [5, 5.41) is 1.15. The van der Waals surface area contributed by atoms with Crippen molar-refractivity contribution in [2.24, 2.45) is 0 Å². The second-order valence-electron chi connectivity index (χ2n) is 31.1. The van der Waals surface area contributed by atoms with Crippen LogP contribution in [0.25, 0.3) is 0 Å². The molecule has 10 aromatic rings. The molecule has 19 heteroatoms. The lowest BCUT2D eigenvalue weighted by Crippen LogP contribution is -2.13. The Morgan fingerprint density at radius 3 is 1.07 bits per heavy atom. The maximum atomic E-state index is 13.4. The normalized spacial score (nSPS) is 11.3. The van der Waals surface area contributed by atoms with E-state index in [1.54, 1.807) is 52.8 Å². The second kappa shape index (κ2) is 43.0. The fraction of sp³-hybridized carbons (Fsp3) is 0.370. The summed E-state index contributed by atoms with van der Waals surface area (Å²) >= 11 is 23.8. The molecule has 0 N–H and O–H groups in total. The van der Waals surface area contributed by atoms with Crippen LogP contribution in [0.5, 0.6) is 69.1 Å². The van der Waals surface area contributed by atoms with E-state index in [2.05, 4.69) is 164 Å². The van der Waals surface area contributed by atoms with Crippen molar-refractivity contribution in [1.29, 1.82) is 0 Å². The Morgan fingerprint density at radius 1 is 0.315 bits per heavy atom. The van der Waals surface area contributed by atoms with Crippen LogP contribution in [0, 0.1) is 19.7 Å². The van der Waals surface area contributed by atoms with Crippen molar-refractivity contribution in [3.63, 3.8) is 0 Å². The van der Waals surface area contributed by atoms with Gasteiger partial charge in [0.05, 0.1) is 43.5 Å². The molecule has 0 saturated carbocycles. The van der Waals surface area contributed by atoms with Gasteiger partial charge in [-0.15, -0.1) is 0 Å². The fourth-order valence-electron chi connectivity index (χ4n) is 10.4. The van der Waals surface area contributed by atoms with Gasteiger partial charge in [-0.05, 0) is 166 Å². The molecule has 0 bridgehead atoms. The van der Waals surface area contributed by atoms with Gasteiger partial charge in [-0.2, -0.15) is 0 Å². The third-order valence-corrected chi connectivity index (χ3v) is 18.1. The van der Waals surface area contributed by atoms with Crippen molar-refractivity contribution >= 4 is 46.4 Å². The number of para-hydroxylation sites is 2. The Balaban J connectivity index is 0.000000216. The highest BCUT2D eigenvalue weighted by Crippen LogP contribution is 2.37. The standard InChI is InChI=1S/C20H26O2.C18H19Cl2FO2.C18H20Cl2O2.2C18H23NO3/c1-15-7-6-8-16(2)19(15)22-14-13-21-18-11-9-17(10-12-18)20(3,4)5;1-18(2,3)12-4-6-13(7-5-12)22-10-11-23-17-14(19)8-9-15(21)16(17)20;1-18(2,3)13-7-9-14(10-8-13)21-11-12-22-17-15(19)5-4-6-16(17)20;1-18(2,3)17-11-14(6-7-19-17)22-12-13-8-15(20-4)10-16(9-13)21-5;1-18(2,3)16-7-6-8-17(19-16)22-12-13-9-14(20-4)11-15(10-13)21-5/h6-12H,13-14H2,1-5H3;4-9H,10-11H2,1-3H3;4-10H,11-12H2,1-3H3;2*6-11H,12H2,1-5H3. The second-order valence-corrected chi connectivity index (χ2v) is 32.7. The number of aryl methyl sites for hydroxylation is 2. The van der Waals surface area contributed by atoms with Gasteiger partial charge >= 0.3 is 0 Å². The van der Waals surface area contributed by atoms with E-state index >= 15 is 0 Å². The van der Waals surface area contributed by atoms with Gasteiger partial charge in [-0.25, -0.2) is 9.37 Å². The third kappa shape index (κ3) is 30.7. The first-order valence-electron chi connectivity index (χ1n) is 36.7. The molecule has 0 aliphatic rings. The molecule has 0 fully saturated rings. The number of benzene rings is 8. The monoisotopic (exact) mass is 1590 g/mol. The highest BCUT2D eigenvalue weighted by molar-refractivity contribution is 6.37. The zero-order chi connectivity index (χ0) is 81.7. The maximum Gasteiger partial charge on any atom is 0.213 e. The van der Waals surface area contributed by atoms with Crippen molar-refractivity contribution in [2.75, 3.05) is 68.1 Å². The number of halogens is 5. The van der Waals surface area contributed by atoms with Crippen LogP contribution in [0.1, 0.15) is 154 Å². The average molecular weight is 1600 g/mol. The molecule has 8 aromatic carbocycles. The zero-order valence-corrected chi connectivity index (χ0v) is 71.3. The van der Waals surface area contributed by atoms with E-state index in [1.165, 1.54) is 28.8 Å². The molecule has 0 amide bonds. The minimum atomic E-state index is -0.565. The summed E-state index contributed by atoms with van der Waals surface area (Å²) in [5.41, 5.74) is 10.5. The van der Waals surface area contributed by atoms with E-state index in [-0.39, 0.29) is 49.5 Å². The van der Waals surface area contributed by atoms with Crippen LogP contribution in [0.2, 0.25) is 20.1 Å². The van der Waals surface area contributed by atoms with E-state index in [4.69, 9.17) is 103 Å². The lowest BCUT2D eigenvalue weighted by molar-refractivity contribution is 0.215. The average Bonchev–Trinajstić information content (AvgIpc) is 0.850. The molecule has 0 spiro atoms. The van der Waals surface area contributed by atoms with Gasteiger partial charge in [0, 0.05) is 52.7 Å². The Labute approximate surface area is 679 Å². The lowest BCUT2D eigenvalue weighted by atomic mass is 9.87. The van der Waals surface area contributed by atoms with Gasteiger partial charge < -0.3 is 56.8 Å². The summed E-state index contributed by atoms with van der Waals surface area (Å²) in [6.07, 6.45) is 1.78. The quantitative estimate of drug-likeness (QED) is 0.0396. The van der Waals surface area contributed by atoms with E-state index in [9.17, 15) is 4.39 Å². The number of nitrogens with zero attached hydrogens (tertiary/aromatic N) is 2. The number of methoxy groups -OCH3 is 4. The molecular formula is C92H111Cl4FN2O12. The lowest BCUT2D eigenvalue weighted by Gasteiger charge is -2.19. The molecule has 14 nitrogen and oxygen atoms in total. The summed E-state index contributed by atoms with van der Waals surface area (Å²) in [6.45, 7) is 39.8. The predicted octanol–water partition coefficient (Wildman–Crippen LogP) is 24.6. The third-order valence-electron chi connectivity index (χ3n) is 16.9. The van der Waals surface area contributed by atoms with Crippen molar-refractivity contribution in [3.8, 4) is 69.1 Å². The molecule has 0 aliphatic carbocycles. The smallest absolute Gasteiger partial charge is 0.213 e. The first-order valence-corrected chi connectivity index (χ1v) is 38.3. The largest absolute Gasteiger partial charge is 0.497 e. The Bertz CT molecular complexity index is 4180. The molecule has 2 aromatic heterocycles. The summed E-state index contributed by atoms with van der Waals surface area (Å²) in [5.74, 6) is 7.92. The first kappa shape index (κ1) is 90.6. The number of hydrogen-bond donors (Lipinski definition) is 0. The topological polar surface area (TPSA) is 137 Å². The van der Waals surface area contributed by atoms with Gasteiger partial charge in [-0.1, -0.05) is 217 Å². The zero-order valence-electron chi connectivity index (χ0n) is 68.3. The van der Waals surface area contributed by atoms with E-state index in [1.807, 2.05) is 121 Å². The minimum Gasteiger partial charge on any atom is -0.497 e. The van der Waals surface area contributed by atoms with Gasteiger partial charge in [0.25, 0.3) is 0 Å². The van der Waals surface area contributed by atoms with Gasteiger partial charge in [0.15, 0.2) is 11.5 Å². The van der Waals surface area contributed by atoms with E-state index in [0.717, 1.165) is 85.4 Å². The van der Waals surface area contributed by atoms with Crippen molar-refractivity contribution in [2.45, 2.75) is 158 Å². The van der Waals surface area contributed by atoms with Crippen LogP contribution < -0.4 is 56.8 Å². The minimum absolute atomic E-state index is 0.00143. The highest BCUT2D eigenvalue weighted by Gasteiger charge is 2.20. The van der Waals surface area contributed by atoms with E-state index in [0.29, 0.717) is 67.9 Å². The number of rotatable bonds is 25. The van der Waals surface area contributed by atoms with Crippen LogP contribution >= 0.6 is 46.4 Å². The molecule has 2 heterocycles. The Kier molecular flexibility index (Phi) is 35.1. The summed E-state index contributed by atoms with van der Waals surface area (Å²) in [4.78, 5) is 8.96. The van der Waals surface area contributed by atoms with Crippen LogP contribution in [-0.4, -0.2) is 78.0 Å². The summed E-state index contributed by atoms with van der Waals surface area (Å²) in [6, 6.07) is 59.5. The van der Waals surface area contributed by atoms with Crippen molar-refractivity contribution < 1.29 is 61.2 Å². The van der Waals surface area contributed by atoms with Crippen molar-refractivity contribution in [1.82, 2.24) is 9.97 Å². The number of pyridine rings is 2. The molecule has 0 unspecified atom stereocenters. The highest BCUT2D eigenvalue weighted by atomic mass is 35.5. The maximum absolute atomic E-state index is 13.4. The Morgan fingerprint density at radius 2 is 0.676 bits per heavy atom. The molecule has 0 radical (unpaired) electrons. The van der Waals surface area contributed by atoms with Crippen LogP contribution in [0.15, 0.2) is 194 Å². The first-order chi connectivity index (χ1) is 52.4. The Hall–Kier alpha value is -9.25. The van der Waals surface area contributed by atoms with Gasteiger partial charge in [0.2, 0.25) is 5.88 Å². The molecule has 111 heavy (non-hydrogen) atoms. The fourth-order valence-corrected chi connectivity index (χ4v) is 11.4. The van der Waals surface area contributed by atoms with Crippen LogP contribution in [0.4, 0.5) is 4.39 Å². The molecule has 0 aliphatic heterocycles. The summed E-state index contributed by atoms with van der Waals surface area (Å²) in [7, 11) is 6.54. The van der Waals surface area contributed by atoms with Gasteiger partial charge in [-0.3, -0.25) is 4.98 Å². The van der Waals surface area contributed by atoms with E-state index < -0.39 is 5.82 Å². The molecule has 10 rings (SSSR count). The number of hydrogen-bond acceptors (Lipinski definition) is 14. The van der Waals surface area contributed by atoms with Gasteiger partial charge in [0.1, 0.15) is 115 Å². The predicted molar refractivity (Wildman–Crippen MR) is 451 cm³/mol. The molecular weight excluding hydrogens is 1490 g/mol. The molecule has 0 atom stereocenters. The SMILES string of the molecule is CC(C)(C)c1ccc(OCCOc2c(Cl)ccc(F)c2Cl)cc1.CC(C)(C)c1ccc(OCCOc2c(Cl)cccc2Cl)cc1.COc1cc(COc2cccc(C(C)(C)C)n2)cc(OC)c1.COc1cc(COc2ccnc(C(C)(C)C)c2)cc(OC)c1.Cc1cccc(C)c1OCCOc1ccc(C(C)(C)C)cc1.